The average Bonchev–Trinajstić information content (AvgIpc) is 2.67. The summed E-state index contributed by atoms with van der Waals surface area (Å²) in [5, 5.41) is 2.55. The van der Waals surface area contributed by atoms with Crippen LogP contribution in [-0.2, 0) is 15.7 Å². The molecule has 9 heteroatoms. The van der Waals surface area contributed by atoms with E-state index >= 15 is 0 Å². The van der Waals surface area contributed by atoms with E-state index in [-0.39, 0.29) is 5.56 Å². The number of ether oxygens (including phenoxy) is 3. The summed E-state index contributed by atoms with van der Waals surface area (Å²) in [7, 11) is 0. The summed E-state index contributed by atoms with van der Waals surface area (Å²) < 4.78 is 54.0. The quantitative estimate of drug-likeness (QED) is 0.800. The van der Waals surface area contributed by atoms with E-state index in [0.29, 0.717) is 36.5 Å². The molecule has 0 aliphatic carbocycles. The number of halogens is 3. The summed E-state index contributed by atoms with van der Waals surface area (Å²) >= 11 is 0. The van der Waals surface area contributed by atoms with Crippen molar-refractivity contribution in [3.63, 3.8) is 0 Å². The van der Waals surface area contributed by atoms with Crippen LogP contribution in [0, 0.1) is 0 Å². The molecule has 0 radical (unpaired) electrons. The van der Waals surface area contributed by atoms with Crippen LogP contribution in [0.25, 0.3) is 0 Å². The molecule has 2 aromatic carbocycles. The Labute approximate surface area is 158 Å². The minimum atomic E-state index is -4.59. The van der Waals surface area contributed by atoms with Gasteiger partial charge in [-0.05, 0) is 37.3 Å². The van der Waals surface area contributed by atoms with Crippen molar-refractivity contribution >= 4 is 17.6 Å². The number of anilines is 1. The number of benzene rings is 2. The highest BCUT2D eigenvalue weighted by Gasteiger charge is 2.31. The van der Waals surface area contributed by atoms with Gasteiger partial charge in [0, 0.05) is 11.8 Å². The van der Waals surface area contributed by atoms with Gasteiger partial charge in [0.2, 0.25) is 0 Å². The van der Waals surface area contributed by atoms with Crippen molar-refractivity contribution < 1.29 is 37.0 Å². The van der Waals surface area contributed by atoms with Gasteiger partial charge in [-0.2, -0.15) is 13.2 Å². The predicted octanol–water partition coefficient (Wildman–Crippen LogP) is 3.66. The minimum absolute atomic E-state index is 0.297. The van der Waals surface area contributed by atoms with Crippen LogP contribution in [0.4, 0.5) is 18.9 Å². The van der Waals surface area contributed by atoms with Crippen molar-refractivity contribution in [1.82, 2.24) is 0 Å². The second kappa shape index (κ2) is 7.79. The molecule has 1 aliphatic rings. The molecule has 0 aromatic heterocycles. The molecule has 28 heavy (non-hydrogen) atoms. The number of esters is 1. The number of carbonyl (C=O) groups is 2. The lowest BCUT2D eigenvalue weighted by molar-refractivity contribution is -0.137. The Morgan fingerprint density at radius 2 is 1.79 bits per heavy atom. The first kappa shape index (κ1) is 19.5. The largest absolute Gasteiger partial charge is 0.486 e. The first-order valence-electron chi connectivity index (χ1n) is 8.33. The van der Waals surface area contributed by atoms with Crippen molar-refractivity contribution in [2.24, 2.45) is 0 Å². The van der Waals surface area contributed by atoms with Crippen LogP contribution < -0.4 is 14.8 Å². The van der Waals surface area contributed by atoms with Gasteiger partial charge in [-0.1, -0.05) is 6.07 Å². The third kappa shape index (κ3) is 4.54. The Morgan fingerprint density at radius 3 is 2.50 bits per heavy atom. The summed E-state index contributed by atoms with van der Waals surface area (Å²) in [6, 6.07) is 8.58. The van der Waals surface area contributed by atoms with Crippen LogP contribution in [-0.4, -0.2) is 31.2 Å². The molecule has 1 aliphatic heterocycles. The summed E-state index contributed by atoms with van der Waals surface area (Å²) in [5.41, 5.74) is -0.875. The zero-order chi connectivity index (χ0) is 20.3. The molecule has 1 unspecified atom stereocenters. The van der Waals surface area contributed by atoms with Gasteiger partial charge in [0.1, 0.15) is 13.2 Å². The van der Waals surface area contributed by atoms with E-state index in [4.69, 9.17) is 14.2 Å². The van der Waals surface area contributed by atoms with Gasteiger partial charge in [-0.3, -0.25) is 4.79 Å². The Morgan fingerprint density at radius 1 is 1.07 bits per heavy atom. The Bertz CT molecular complexity index is 897. The standard InChI is InChI=1S/C19H16F3NO5/c1-11(28-18(25)12-3-2-4-13(9-12)19(20,21)22)17(24)23-14-5-6-15-16(10-14)27-8-7-26-15/h2-6,9-11H,7-8H2,1H3,(H,23,24). The first-order valence-corrected chi connectivity index (χ1v) is 8.33. The Balaban J connectivity index is 1.63. The molecule has 1 atom stereocenters. The van der Waals surface area contributed by atoms with E-state index in [1.807, 2.05) is 0 Å². The molecule has 3 rings (SSSR count). The molecule has 1 N–H and O–H groups in total. The fourth-order valence-corrected chi connectivity index (χ4v) is 2.47. The van der Waals surface area contributed by atoms with Crippen LogP contribution in [0.15, 0.2) is 42.5 Å². The molecule has 0 fully saturated rings. The number of hydrogen-bond donors (Lipinski definition) is 1. The first-order chi connectivity index (χ1) is 13.2. The van der Waals surface area contributed by atoms with Crippen LogP contribution in [0.1, 0.15) is 22.8 Å². The Hall–Kier alpha value is -3.23. The maximum Gasteiger partial charge on any atom is 0.416 e. The lowest BCUT2D eigenvalue weighted by Crippen LogP contribution is -2.30. The second-order valence-corrected chi connectivity index (χ2v) is 5.97. The summed E-state index contributed by atoms with van der Waals surface area (Å²) in [4.78, 5) is 24.3. The van der Waals surface area contributed by atoms with Crippen molar-refractivity contribution in [1.29, 1.82) is 0 Å². The van der Waals surface area contributed by atoms with Crippen LogP contribution in [0.3, 0.4) is 0 Å². The van der Waals surface area contributed by atoms with Crippen molar-refractivity contribution in [3.05, 3.63) is 53.6 Å². The molecule has 0 saturated carbocycles. The smallest absolute Gasteiger partial charge is 0.416 e. The van der Waals surface area contributed by atoms with E-state index in [2.05, 4.69) is 5.32 Å². The van der Waals surface area contributed by atoms with Crippen LogP contribution >= 0.6 is 0 Å². The van der Waals surface area contributed by atoms with Crippen molar-refractivity contribution in [2.45, 2.75) is 19.2 Å². The van der Waals surface area contributed by atoms with Crippen molar-refractivity contribution in [3.8, 4) is 11.5 Å². The number of rotatable bonds is 4. The predicted molar refractivity (Wildman–Crippen MR) is 92.4 cm³/mol. The topological polar surface area (TPSA) is 73.9 Å². The van der Waals surface area contributed by atoms with Gasteiger partial charge in [-0.15, -0.1) is 0 Å². The maximum absolute atomic E-state index is 12.7. The molecule has 0 bridgehead atoms. The summed E-state index contributed by atoms with van der Waals surface area (Å²) in [6.07, 6.45) is -5.81. The highest BCUT2D eigenvalue weighted by atomic mass is 19.4. The third-order valence-electron chi connectivity index (χ3n) is 3.89. The molecule has 0 saturated heterocycles. The van der Waals surface area contributed by atoms with Gasteiger partial charge in [0.05, 0.1) is 11.1 Å². The fourth-order valence-electron chi connectivity index (χ4n) is 2.47. The number of fused-ring (bicyclic) bond motifs is 1. The van der Waals surface area contributed by atoms with Gasteiger partial charge < -0.3 is 19.5 Å². The number of hydrogen-bond acceptors (Lipinski definition) is 5. The second-order valence-electron chi connectivity index (χ2n) is 5.97. The molecule has 0 spiro atoms. The highest BCUT2D eigenvalue weighted by molar-refractivity contribution is 5.97. The molecule has 2 aromatic rings. The zero-order valence-electron chi connectivity index (χ0n) is 14.7. The van der Waals surface area contributed by atoms with Crippen LogP contribution in [0.5, 0.6) is 11.5 Å². The lowest BCUT2D eigenvalue weighted by Gasteiger charge is -2.19. The van der Waals surface area contributed by atoms with Gasteiger partial charge in [0.15, 0.2) is 17.6 Å². The molecule has 148 valence electrons. The SMILES string of the molecule is CC(OC(=O)c1cccc(C(F)(F)F)c1)C(=O)Nc1ccc2c(c1)OCCO2. The average molecular weight is 395 g/mol. The zero-order valence-corrected chi connectivity index (χ0v) is 14.7. The van der Waals surface area contributed by atoms with E-state index in [0.717, 1.165) is 12.1 Å². The number of carbonyl (C=O) groups excluding carboxylic acids is 2. The van der Waals surface area contributed by atoms with Gasteiger partial charge >= 0.3 is 12.1 Å². The molecular weight excluding hydrogens is 379 g/mol. The molecule has 1 amide bonds. The maximum atomic E-state index is 12.7. The van der Waals surface area contributed by atoms with Gasteiger partial charge in [0.25, 0.3) is 5.91 Å². The number of amides is 1. The van der Waals surface area contributed by atoms with E-state index in [1.54, 1.807) is 18.2 Å². The fraction of sp³-hybridized carbons (Fsp3) is 0.263. The third-order valence-corrected chi connectivity index (χ3v) is 3.89. The summed E-state index contributed by atoms with van der Waals surface area (Å²) in [5.74, 6) is -0.654. The van der Waals surface area contributed by atoms with E-state index in [1.165, 1.54) is 13.0 Å². The number of nitrogens with one attached hydrogen (secondary N) is 1. The number of alkyl halides is 3. The monoisotopic (exact) mass is 395 g/mol. The van der Waals surface area contributed by atoms with Crippen molar-refractivity contribution in [2.75, 3.05) is 18.5 Å². The van der Waals surface area contributed by atoms with Crippen LogP contribution in [0.2, 0.25) is 0 Å². The molecule has 1 heterocycles. The summed E-state index contributed by atoms with van der Waals surface area (Å²) in [6.45, 7) is 2.13. The van der Waals surface area contributed by atoms with E-state index < -0.39 is 29.7 Å². The lowest BCUT2D eigenvalue weighted by atomic mass is 10.1. The Kier molecular flexibility index (Phi) is 5.43. The van der Waals surface area contributed by atoms with Gasteiger partial charge in [-0.25, -0.2) is 4.79 Å². The normalized spacial score (nSPS) is 14.1. The highest BCUT2D eigenvalue weighted by Crippen LogP contribution is 2.33. The minimum Gasteiger partial charge on any atom is -0.486 e. The molecule has 6 nitrogen and oxygen atoms in total. The molecular formula is C19H16F3NO5. The van der Waals surface area contributed by atoms with E-state index in [9.17, 15) is 22.8 Å².